The molecule has 7 aromatic rings. The van der Waals surface area contributed by atoms with E-state index in [-0.39, 0.29) is 34.7 Å². The van der Waals surface area contributed by atoms with E-state index in [9.17, 15) is 22.6 Å². The van der Waals surface area contributed by atoms with Crippen molar-refractivity contribution in [2.75, 3.05) is 24.3 Å². The normalized spacial score (nSPS) is 15.6. The lowest BCUT2D eigenvalue weighted by molar-refractivity contribution is -0.143. The molecule has 12 nitrogen and oxygen atoms in total. The van der Waals surface area contributed by atoms with E-state index in [1.54, 1.807) is 5.38 Å². The molecular formula is C49H43ClN6O6S2. The van der Waals surface area contributed by atoms with Gasteiger partial charge < -0.3 is 15.5 Å². The van der Waals surface area contributed by atoms with Gasteiger partial charge in [-0.15, -0.1) is 22.9 Å². The highest BCUT2D eigenvalue weighted by Gasteiger charge is 2.54. The molecule has 0 saturated carbocycles. The number of hydrogen-bond acceptors (Lipinski definition) is 10. The Kier molecular flexibility index (Phi) is 13.3. The van der Waals surface area contributed by atoms with Gasteiger partial charge in [0.1, 0.15) is 23.9 Å². The monoisotopic (exact) mass is 910 g/mol. The molecule has 1 saturated heterocycles. The first kappa shape index (κ1) is 43.9. The number of thiazole rings is 1. The van der Waals surface area contributed by atoms with Crippen LogP contribution in [0.2, 0.25) is 0 Å². The van der Waals surface area contributed by atoms with Gasteiger partial charge in [0.15, 0.2) is 10.8 Å². The van der Waals surface area contributed by atoms with Crippen molar-refractivity contribution in [3.05, 3.63) is 226 Å². The van der Waals surface area contributed by atoms with E-state index in [1.165, 1.54) is 11.3 Å². The molecule has 6 aromatic carbocycles. The average Bonchev–Trinajstić information content (AvgIpc) is 3.80. The lowest BCUT2D eigenvalue weighted by Crippen LogP contribution is -2.73. The number of nitrogens with zero attached hydrogens (tertiary/aromatic N) is 3. The maximum atomic E-state index is 14.2. The second-order valence-electron chi connectivity index (χ2n) is 14.8. The topological polar surface area (TPSA) is 162 Å². The molecule has 1 fully saturated rings. The zero-order chi connectivity index (χ0) is 44.6. The van der Waals surface area contributed by atoms with E-state index < -0.39 is 45.3 Å². The third kappa shape index (κ3) is 8.78. The second-order valence-corrected chi connectivity index (χ2v) is 17.3. The summed E-state index contributed by atoms with van der Waals surface area (Å²) in [6.45, 7) is 0.246. The SMILES string of the molecule is O=C(NC1C(=O)N(S(=O)(=O)O)C1CCl)/C(=N\OCCNC(c1ccccc1)(c1ccccc1)c1ccccc1)c1csc(NC(c2ccccc2)(c2ccccc2)c2ccccc2)n1. The van der Waals surface area contributed by atoms with E-state index in [0.29, 0.717) is 5.13 Å². The van der Waals surface area contributed by atoms with Gasteiger partial charge in [-0.3, -0.25) is 19.5 Å². The average molecular weight is 912 g/mol. The Balaban J connectivity index is 1.13. The summed E-state index contributed by atoms with van der Waals surface area (Å²) in [5.41, 5.74) is 3.89. The van der Waals surface area contributed by atoms with Gasteiger partial charge in [0.25, 0.3) is 11.8 Å². The fraction of sp³-hybridized carbons (Fsp3) is 0.143. The minimum atomic E-state index is -4.93. The molecule has 0 aliphatic carbocycles. The Hall–Kier alpha value is -6.68. The standard InChI is InChI=1S/C49H43ClN6O6S2/c50-33-42-44(46(58)56(42)64(59,60)61)53-45(57)43(55-62-32-31-51-48(35-19-7-1-8-20-35,36-21-9-2-10-22-36)37-23-11-3-12-24-37)41-34-63-47(52-41)54-49(38-25-13-4-14-26-38,39-27-15-5-16-28-39)40-29-17-6-18-30-40/h1-30,34,42,44,51H,31-33H2,(H,52,54)(H,53,57)(H,59,60,61)/b55-43-. The van der Waals surface area contributed by atoms with Gasteiger partial charge in [-0.25, -0.2) is 9.29 Å². The van der Waals surface area contributed by atoms with Crippen molar-refractivity contribution in [2.24, 2.45) is 5.16 Å². The number of β-lactam (4-membered cyclic amide) rings is 1. The van der Waals surface area contributed by atoms with Gasteiger partial charge in [-0.2, -0.15) is 8.42 Å². The second kappa shape index (κ2) is 19.4. The number of benzene rings is 6. The van der Waals surface area contributed by atoms with Crippen molar-refractivity contribution in [3.8, 4) is 0 Å². The molecule has 2 heterocycles. The van der Waals surface area contributed by atoms with Gasteiger partial charge >= 0.3 is 10.3 Å². The van der Waals surface area contributed by atoms with E-state index in [1.807, 2.05) is 146 Å². The van der Waals surface area contributed by atoms with Crippen LogP contribution < -0.4 is 16.0 Å². The van der Waals surface area contributed by atoms with E-state index in [0.717, 1.165) is 33.4 Å². The summed E-state index contributed by atoms with van der Waals surface area (Å²) in [7, 11) is -4.93. The Labute approximate surface area is 380 Å². The molecule has 0 spiro atoms. The van der Waals surface area contributed by atoms with Crippen LogP contribution in [0.15, 0.2) is 193 Å². The van der Waals surface area contributed by atoms with Crippen LogP contribution in [0.3, 0.4) is 0 Å². The van der Waals surface area contributed by atoms with Crippen LogP contribution in [-0.2, 0) is 35.8 Å². The summed E-state index contributed by atoms with van der Waals surface area (Å²) in [6.07, 6.45) is 0. The van der Waals surface area contributed by atoms with Gasteiger partial charge in [-0.05, 0) is 33.4 Å². The van der Waals surface area contributed by atoms with Crippen LogP contribution in [0.25, 0.3) is 0 Å². The Morgan fingerprint density at radius 3 is 1.50 bits per heavy atom. The molecule has 2 amide bonds. The molecule has 1 aliphatic heterocycles. The maximum absolute atomic E-state index is 14.2. The fourth-order valence-corrected chi connectivity index (χ4v) is 10.2. The summed E-state index contributed by atoms with van der Waals surface area (Å²) < 4.78 is 33.9. The summed E-state index contributed by atoms with van der Waals surface area (Å²) in [4.78, 5) is 38.0. The third-order valence-electron chi connectivity index (χ3n) is 11.1. The minimum Gasteiger partial charge on any atom is -0.394 e. The number of hydrogen-bond donors (Lipinski definition) is 4. The summed E-state index contributed by atoms with van der Waals surface area (Å²) in [6, 6.07) is 57.4. The molecule has 15 heteroatoms. The molecular weight excluding hydrogens is 868 g/mol. The van der Waals surface area contributed by atoms with Gasteiger partial charge in [0.2, 0.25) is 0 Å². The predicted octanol–water partition coefficient (Wildman–Crippen LogP) is 7.59. The van der Waals surface area contributed by atoms with Crippen LogP contribution in [0.4, 0.5) is 5.13 Å². The van der Waals surface area contributed by atoms with Crippen LogP contribution >= 0.6 is 22.9 Å². The number of rotatable bonds is 18. The van der Waals surface area contributed by atoms with Crippen LogP contribution in [0, 0.1) is 0 Å². The molecule has 4 N–H and O–H groups in total. The molecule has 1 aromatic heterocycles. The zero-order valence-corrected chi connectivity index (χ0v) is 36.6. The number of amides is 2. The molecule has 2 atom stereocenters. The van der Waals surface area contributed by atoms with Crippen molar-refractivity contribution in [1.29, 1.82) is 0 Å². The molecule has 2 unspecified atom stereocenters. The number of carbonyl (C=O) groups excluding carboxylic acids is 2. The molecule has 8 rings (SSSR count). The number of nitrogens with one attached hydrogen (secondary N) is 3. The minimum absolute atomic E-state index is 0.0113. The Morgan fingerprint density at radius 2 is 1.11 bits per heavy atom. The number of halogens is 1. The first-order valence-electron chi connectivity index (χ1n) is 20.4. The third-order valence-corrected chi connectivity index (χ3v) is 13.1. The smallest absolute Gasteiger partial charge is 0.362 e. The highest BCUT2D eigenvalue weighted by molar-refractivity contribution is 7.84. The van der Waals surface area contributed by atoms with Crippen molar-refractivity contribution in [3.63, 3.8) is 0 Å². The molecule has 0 bridgehead atoms. The lowest BCUT2D eigenvalue weighted by atomic mass is 9.77. The quantitative estimate of drug-likeness (QED) is 0.0129. The number of alkyl halides is 1. The lowest BCUT2D eigenvalue weighted by Gasteiger charge is -2.43. The van der Waals surface area contributed by atoms with Crippen LogP contribution in [-0.4, -0.2) is 70.9 Å². The largest absolute Gasteiger partial charge is 0.394 e. The van der Waals surface area contributed by atoms with Gasteiger partial charge in [-0.1, -0.05) is 187 Å². The number of aromatic nitrogens is 1. The van der Waals surface area contributed by atoms with Crippen molar-refractivity contribution in [2.45, 2.75) is 23.2 Å². The predicted molar refractivity (Wildman–Crippen MR) is 249 cm³/mol. The highest BCUT2D eigenvalue weighted by Crippen LogP contribution is 2.41. The van der Waals surface area contributed by atoms with E-state index in [4.69, 9.17) is 21.4 Å². The maximum Gasteiger partial charge on any atom is 0.362 e. The van der Waals surface area contributed by atoms with Gasteiger partial charge in [0, 0.05) is 17.8 Å². The number of carbonyl (C=O) groups is 2. The van der Waals surface area contributed by atoms with Crippen molar-refractivity contribution >= 4 is 55.9 Å². The van der Waals surface area contributed by atoms with Gasteiger partial charge in [0.05, 0.1) is 11.6 Å². The van der Waals surface area contributed by atoms with Crippen LogP contribution in [0.5, 0.6) is 0 Å². The molecule has 324 valence electrons. The summed E-state index contributed by atoms with van der Waals surface area (Å²) in [5, 5.41) is 16.4. The fourth-order valence-electron chi connectivity index (χ4n) is 8.17. The summed E-state index contributed by atoms with van der Waals surface area (Å²) in [5.74, 6) is -2.31. The van der Waals surface area contributed by atoms with Crippen molar-refractivity contribution < 1.29 is 27.4 Å². The van der Waals surface area contributed by atoms with Crippen molar-refractivity contribution in [1.82, 2.24) is 19.9 Å². The zero-order valence-electron chi connectivity index (χ0n) is 34.2. The number of anilines is 1. The van der Waals surface area contributed by atoms with Crippen LogP contribution in [0.1, 0.15) is 39.1 Å². The number of oxime groups is 1. The van der Waals surface area contributed by atoms with E-state index >= 15 is 0 Å². The van der Waals surface area contributed by atoms with E-state index in [2.05, 4.69) is 57.5 Å². The molecule has 1 aliphatic rings. The first-order valence-corrected chi connectivity index (χ1v) is 23.2. The summed E-state index contributed by atoms with van der Waals surface area (Å²) >= 11 is 7.28. The Bertz CT molecular complexity index is 2610. The Morgan fingerprint density at radius 1 is 0.703 bits per heavy atom. The molecule has 0 radical (unpaired) electrons. The molecule has 64 heavy (non-hydrogen) atoms. The highest BCUT2D eigenvalue weighted by atomic mass is 35.5. The first-order chi connectivity index (χ1) is 31.2.